The van der Waals surface area contributed by atoms with Gasteiger partial charge in [0.15, 0.2) is 5.96 Å². The van der Waals surface area contributed by atoms with Crippen LogP contribution in [0.1, 0.15) is 71.1 Å². The van der Waals surface area contributed by atoms with Crippen LogP contribution < -0.4 is 16.4 Å². The van der Waals surface area contributed by atoms with Crippen LogP contribution in [0.4, 0.5) is 0 Å². The van der Waals surface area contributed by atoms with E-state index < -0.39 is 0 Å². The van der Waals surface area contributed by atoms with Crippen LogP contribution in [0.2, 0.25) is 0 Å². The molecule has 1 aliphatic rings. The molecule has 0 unspecified atom stereocenters. The second kappa shape index (κ2) is 11.4. The smallest absolute Gasteiger partial charge is 0.221 e. The SMILES string of the molecule is CCCCCCN=C(N)NCCC(=O)NC1CCCCC1. The number of nitrogens with one attached hydrogen (secondary N) is 2. The van der Waals surface area contributed by atoms with Crippen molar-refractivity contribution in [1.29, 1.82) is 0 Å². The fourth-order valence-corrected chi connectivity index (χ4v) is 2.64. The van der Waals surface area contributed by atoms with E-state index in [0.29, 0.717) is 25.0 Å². The van der Waals surface area contributed by atoms with Gasteiger partial charge in [-0.25, -0.2) is 0 Å². The predicted octanol–water partition coefficient (Wildman–Crippen LogP) is 2.31. The number of carbonyl (C=O) groups is 1. The minimum absolute atomic E-state index is 0.116. The van der Waals surface area contributed by atoms with Gasteiger partial charge in [-0.05, 0) is 19.3 Å². The Morgan fingerprint density at radius 1 is 1.19 bits per heavy atom. The monoisotopic (exact) mass is 296 g/mol. The maximum absolute atomic E-state index is 11.8. The van der Waals surface area contributed by atoms with Crippen molar-refractivity contribution < 1.29 is 4.79 Å². The van der Waals surface area contributed by atoms with E-state index in [-0.39, 0.29) is 5.91 Å². The summed E-state index contributed by atoms with van der Waals surface area (Å²) < 4.78 is 0. The van der Waals surface area contributed by atoms with Crippen molar-refractivity contribution in [1.82, 2.24) is 10.6 Å². The van der Waals surface area contributed by atoms with Crippen LogP contribution in [-0.4, -0.2) is 31.0 Å². The second-order valence-corrected chi connectivity index (χ2v) is 5.91. The minimum Gasteiger partial charge on any atom is -0.370 e. The summed E-state index contributed by atoms with van der Waals surface area (Å²) in [7, 11) is 0. The van der Waals surface area contributed by atoms with Crippen LogP contribution in [0.3, 0.4) is 0 Å². The standard InChI is InChI=1S/C16H32N4O/c1-2-3-4-8-12-18-16(17)19-13-11-15(21)20-14-9-6-5-7-10-14/h14H,2-13H2,1H3,(H,20,21)(H3,17,18,19). The fourth-order valence-electron chi connectivity index (χ4n) is 2.64. The molecule has 0 aliphatic heterocycles. The quantitative estimate of drug-likeness (QED) is 0.347. The molecule has 4 N–H and O–H groups in total. The molecule has 0 bridgehead atoms. The van der Waals surface area contributed by atoms with Gasteiger partial charge in [0.05, 0.1) is 0 Å². The summed E-state index contributed by atoms with van der Waals surface area (Å²) in [6.07, 6.45) is 11.3. The number of rotatable bonds is 9. The highest BCUT2D eigenvalue weighted by Gasteiger charge is 2.15. The van der Waals surface area contributed by atoms with Crippen LogP contribution in [0.5, 0.6) is 0 Å². The third kappa shape index (κ3) is 9.32. The zero-order chi connectivity index (χ0) is 15.3. The zero-order valence-electron chi connectivity index (χ0n) is 13.5. The summed E-state index contributed by atoms with van der Waals surface area (Å²) in [5.41, 5.74) is 5.77. The first kappa shape index (κ1) is 17.8. The number of aliphatic imine (C=N–C) groups is 1. The molecule has 1 saturated carbocycles. The first-order chi connectivity index (χ1) is 10.2. The van der Waals surface area contributed by atoms with Gasteiger partial charge in [-0.1, -0.05) is 45.4 Å². The van der Waals surface area contributed by atoms with Gasteiger partial charge in [-0.15, -0.1) is 0 Å². The summed E-state index contributed by atoms with van der Waals surface area (Å²) >= 11 is 0. The summed E-state index contributed by atoms with van der Waals surface area (Å²) in [6.45, 7) is 3.52. The fraction of sp³-hybridized carbons (Fsp3) is 0.875. The number of hydrogen-bond acceptors (Lipinski definition) is 2. The molecular weight excluding hydrogens is 264 g/mol. The Morgan fingerprint density at radius 3 is 2.67 bits per heavy atom. The van der Waals surface area contributed by atoms with Crippen molar-refractivity contribution in [3.63, 3.8) is 0 Å². The Bertz CT molecular complexity index is 311. The Labute approximate surface area is 129 Å². The Kier molecular flexibility index (Phi) is 9.66. The van der Waals surface area contributed by atoms with Crippen molar-refractivity contribution in [2.45, 2.75) is 77.2 Å². The molecule has 0 radical (unpaired) electrons. The summed E-state index contributed by atoms with van der Waals surface area (Å²) in [6, 6.07) is 0.385. The van der Waals surface area contributed by atoms with Crippen molar-refractivity contribution in [2.24, 2.45) is 10.7 Å². The number of carbonyl (C=O) groups excluding carboxylic acids is 1. The lowest BCUT2D eigenvalue weighted by molar-refractivity contribution is -0.121. The molecule has 0 atom stereocenters. The van der Waals surface area contributed by atoms with Crippen LogP contribution in [0, 0.1) is 0 Å². The first-order valence-corrected chi connectivity index (χ1v) is 8.55. The molecule has 0 aromatic rings. The normalized spacial score (nSPS) is 16.7. The summed E-state index contributed by atoms with van der Waals surface area (Å²) in [5.74, 6) is 0.571. The molecule has 122 valence electrons. The molecule has 1 aliphatic carbocycles. The minimum atomic E-state index is 0.116. The predicted molar refractivity (Wildman–Crippen MR) is 88.3 cm³/mol. The largest absolute Gasteiger partial charge is 0.370 e. The molecule has 5 heteroatoms. The Morgan fingerprint density at radius 2 is 1.95 bits per heavy atom. The van der Waals surface area contributed by atoms with E-state index in [4.69, 9.17) is 5.73 Å². The number of hydrogen-bond donors (Lipinski definition) is 3. The van der Waals surface area contributed by atoms with E-state index in [1.54, 1.807) is 0 Å². The molecule has 0 aromatic heterocycles. The van der Waals surface area contributed by atoms with Gasteiger partial charge in [0.25, 0.3) is 0 Å². The molecule has 5 nitrogen and oxygen atoms in total. The lowest BCUT2D eigenvalue weighted by Crippen LogP contribution is -2.39. The van der Waals surface area contributed by atoms with Crippen molar-refractivity contribution in [3.05, 3.63) is 0 Å². The van der Waals surface area contributed by atoms with E-state index in [0.717, 1.165) is 25.8 Å². The molecular formula is C16H32N4O. The first-order valence-electron chi connectivity index (χ1n) is 8.55. The van der Waals surface area contributed by atoms with E-state index in [9.17, 15) is 4.79 Å². The van der Waals surface area contributed by atoms with Gasteiger partial charge in [0.1, 0.15) is 0 Å². The molecule has 1 amide bonds. The maximum atomic E-state index is 11.8. The van der Waals surface area contributed by atoms with Gasteiger partial charge in [-0.3, -0.25) is 9.79 Å². The molecule has 0 saturated heterocycles. The molecule has 0 heterocycles. The summed E-state index contributed by atoms with van der Waals surface area (Å²) in [4.78, 5) is 16.1. The molecule has 1 rings (SSSR count). The number of nitrogens with two attached hydrogens (primary N) is 1. The lowest BCUT2D eigenvalue weighted by Gasteiger charge is -2.22. The Balaban J connectivity index is 2.03. The van der Waals surface area contributed by atoms with Gasteiger partial charge in [0, 0.05) is 25.6 Å². The second-order valence-electron chi connectivity index (χ2n) is 5.91. The van der Waals surface area contributed by atoms with Crippen LogP contribution in [-0.2, 0) is 4.79 Å². The zero-order valence-corrected chi connectivity index (χ0v) is 13.5. The average molecular weight is 296 g/mol. The average Bonchev–Trinajstić information content (AvgIpc) is 2.48. The summed E-state index contributed by atoms with van der Waals surface area (Å²) in [5, 5.41) is 6.11. The molecule has 0 spiro atoms. The van der Waals surface area contributed by atoms with E-state index in [1.165, 1.54) is 38.5 Å². The number of amides is 1. The molecule has 1 fully saturated rings. The number of guanidine groups is 1. The maximum Gasteiger partial charge on any atom is 0.221 e. The van der Waals surface area contributed by atoms with Crippen molar-refractivity contribution >= 4 is 11.9 Å². The highest BCUT2D eigenvalue weighted by Crippen LogP contribution is 2.17. The van der Waals surface area contributed by atoms with E-state index in [2.05, 4.69) is 22.5 Å². The number of unbranched alkanes of at least 4 members (excludes halogenated alkanes) is 3. The Hall–Kier alpha value is -1.26. The highest BCUT2D eigenvalue weighted by atomic mass is 16.1. The van der Waals surface area contributed by atoms with Crippen molar-refractivity contribution in [2.75, 3.05) is 13.1 Å². The highest BCUT2D eigenvalue weighted by molar-refractivity contribution is 5.80. The van der Waals surface area contributed by atoms with E-state index >= 15 is 0 Å². The lowest BCUT2D eigenvalue weighted by atomic mass is 9.95. The molecule has 21 heavy (non-hydrogen) atoms. The van der Waals surface area contributed by atoms with E-state index in [1.807, 2.05) is 0 Å². The topological polar surface area (TPSA) is 79.5 Å². The number of nitrogens with zero attached hydrogens (tertiary/aromatic N) is 1. The third-order valence-electron chi connectivity index (χ3n) is 3.92. The van der Waals surface area contributed by atoms with Crippen LogP contribution in [0.15, 0.2) is 4.99 Å². The van der Waals surface area contributed by atoms with Gasteiger partial charge >= 0.3 is 0 Å². The molecule has 0 aromatic carbocycles. The van der Waals surface area contributed by atoms with Gasteiger partial charge < -0.3 is 16.4 Å². The van der Waals surface area contributed by atoms with Crippen molar-refractivity contribution in [3.8, 4) is 0 Å². The van der Waals surface area contributed by atoms with Crippen LogP contribution >= 0.6 is 0 Å². The van der Waals surface area contributed by atoms with Gasteiger partial charge in [-0.2, -0.15) is 0 Å². The van der Waals surface area contributed by atoms with Crippen LogP contribution in [0.25, 0.3) is 0 Å². The third-order valence-corrected chi connectivity index (χ3v) is 3.92. The van der Waals surface area contributed by atoms with Gasteiger partial charge in [0.2, 0.25) is 5.91 Å².